The first-order valence-corrected chi connectivity index (χ1v) is 65.1. The minimum atomic E-state index is -1.64. The highest BCUT2D eigenvalue weighted by molar-refractivity contribution is 8.62. The van der Waals surface area contributed by atoms with Gasteiger partial charge < -0.3 is 0 Å². The fraction of sp³-hybridized carbons (Fsp3) is 1.00. The third-order valence-electron chi connectivity index (χ3n) is 17.4. The average Bonchev–Trinajstić information content (AvgIpc) is 2.91. The quantitative estimate of drug-likeness (QED) is 0.136. The molecule has 0 radical (unpaired) electrons. The molecule has 264 valence electrons. The van der Waals surface area contributed by atoms with E-state index in [2.05, 4.69) is 160 Å². The van der Waals surface area contributed by atoms with Crippen LogP contribution in [0.5, 0.6) is 0 Å². The molecule has 0 aromatic rings. The van der Waals surface area contributed by atoms with E-state index in [0.29, 0.717) is 0 Å². The van der Waals surface area contributed by atoms with Crippen LogP contribution < -0.4 is 0 Å². The second kappa shape index (κ2) is 13.3. The van der Waals surface area contributed by atoms with Crippen LogP contribution >= 0.6 is 0 Å². The van der Waals surface area contributed by atoms with Gasteiger partial charge in [0.15, 0.2) is 0 Å². The van der Waals surface area contributed by atoms with Gasteiger partial charge in [-0.2, -0.15) is 0 Å². The normalized spacial score (nSPS) is 21.3. The maximum absolute atomic E-state index is 3.20. The zero-order chi connectivity index (χ0) is 35.7. The number of hydrogen-bond acceptors (Lipinski definition) is 0. The van der Waals surface area contributed by atoms with Gasteiger partial charge in [-0.3, -0.25) is 0 Å². The average molecular weight is 810 g/mol. The lowest BCUT2D eigenvalue weighted by atomic mass is 11.0. The highest BCUT2D eigenvalue weighted by atomic mass is 30.9. The van der Waals surface area contributed by atoms with Gasteiger partial charge in [0.25, 0.3) is 0 Å². The van der Waals surface area contributed by atoms with E-state index in [4.69, 9.17) is 0 Å². The van der Waals surface area contributed by atoms with Crippen molar-refractivity contribution >= 4 is 85.3 Å². The molecule has 1 fully saturated rings. The second-order valence-electron chi connectivity index (χ2n) is 20.9. The molecule has 0 aromatic heterocycles. The van der Waals surface area contributed by atoms with E-state index in [9.17, 15) is 0 Å². The Kier molecular flexibility index (Phi) is 13.5. The lowest BCUT2D eigenvalue weighted by Crippen LogP contribution is -3.34. The summed E-state index contributed by atoms with van der Waals surface area (Å²) in [6.07, 6.45) is -6.55. The van der Waals surface area contributed by atoms with Gasteiger partial charge >= 0.3 is 0 Å². The van der Waals surface area contributed by atoms with E-state index in [1.54, 1.807) is 48.4 Å². The number of hydrogen-bond donors (Lipinski definition) is 0. The standard InChI is InChI=1S/C32H88Si12/c1-25-33(9,10)41(34(11,12)26-2)42(35(13,14)27-3,36(15,16)28-4)44(39(21,22)31-7,40(23,24)32-8)43(41,37(17,18)29-5)38(19,20)30-6/h25-32H2,1-24H3. The van der Waals surface area contributed by atoms with Crippen molar-refractivity contribution in [1.82, 2.24) is 0 Å². The third kappa shape index (κ3) is 4.68. The SMILES string of the molecule is CC[Si](C)(C)[Si]1([Si](C)(C)CC)[Si]([Si](C)(C)CC)([Si](C)(C)CC)[Si]([Si](C)(C)CC)([Si](C)(C)CC)[Si]1([Si](C)(C)CC)[Si](C)(C)CC. The fourth-order valence-electron chi connectivity index (χ4n) is 15.0. The summed E-state index contributed by atoms with van der Waals surface area (Å²) < 4.78 is 0. The van der Waals surface area contributed by atoms with Gasteiger partial charge in [0.2, 0.25) is 0 Å². The van der Waals surface area contributed by atoms with Crippen molar-refractivity contribution in [3.05, 3.63) is 0 Å². The molecule has 12 heteroatoms. The largest absolute Gasteiger partial charge is 0.0719 e. The molecule has 0 amide bonds. The summed E-state index contributed by atoms with van der Waals surface area (Å²) in [4.78, 5) is 0. The molecular weight excluding hydrogens is 721 g/mol. The molecule has 1 aliphatic rings. The summed E-state index contributed by atoms with van der Waals surface area (Å²) in [5.74, 6) is 0. The van der Waals surface area contributed by atoms with Gasteiger partial charge in [-0.05, 0) is 0 Å². The summed E-state index contributed by atoms with van der Waals surface area (Å²) in [5.41, 5.74) is 0. The minimum Gasteiger partial charge on any atom is -0.0719 e. The Morgan fingerprint density at radius 3 is 0.318 bits per heavy atom. The van der Waals surface area contributed by atoms with Crippen molar-refractivity contribution in [3.63, 3.8) is 0 Å². The van der Waals surface area contributed by atoms with Crippen LogP contribution in [0.3, 0.4) is 0 Å². The number of rotatable bonds is 16. The zero-order valence-corrected chi connectivity index (χ0v) is 47.7. The molecule has 1 aliphatic heterocycles. The molecule has 44 heavy (non-hydrogen) atoms. The van der Waals surface area contributed by atoms with Crippen LogP contribution in [0.25, 0.3) is 0 Å². The van der Waals surface area contributed by atoms with Crippen LogP contribution in [0.1, 0.15) is 55.4 Å². The summed E-state index contributed by atoms with van der Waals surface area (Å²) >= 11 is 0. The maximum atomic E-state index is 3.20. The van der Waals surface area contributed by atoms with Gasteiger partial charge in [0.1, 0.15) is 0 Å². The van der Waals surface area contributed by atoms with Crippen molar-refractivity contribution in [2.45, 2.75) is 208 Å². The molecular formula is C32H88Si12. The molecule has 0 aliphatic carbocycles. The minimum absolute atomic E-state index is 1.51. The molecule has 0 atom stereocenters. The summed E-state index contributed by atoms with van der Waals surface area (Å²) in [6, 6.07) is 13.2. The van der Waals surface area contributed by atoms with E-state index >= 15 is 0 Å². The second-order valence-corrected chi connectivity index (χ2v) is 167. The van der Waals surface area contributed by atoms with Crippen molar-refractivity contribution in [1.29, 1.82) is 0 Å². The molecule has 0 saturated carbocycles. The van der Waals surface area contributed by atoms with Crippen LogP contribution in [0.4, 0.5) is 0 Å². The Bertz CT molecular complexity index is 769. The molecule has 1 rings (SSSR count). The lowest BCUT2D eigenvalue weighted by molar-refractivity contribution is 1.35. The zero-order valence-electron chi connectivity index (χ0n) is 35.7. The monoisotopic (exact) mass is 808 g/mol. The van der Waals surface area contributed by atoms with Crippen LogP contribution in [0.15, 0.2) is 0 Å². The van der Waals surface area contributed by atoms with Crippen molar-refractivity contribution in [2.75, 3.05) is 0 Å². The molecule has 0 unspecified atom stereocenters. The van der Waals surface area contributed by atoms with Crippen molar-refractivity contribution in [3.8, 4) is 0 Å². The highest BCUT2D eigenvalue weighted by Gasteiger charge is 3.05. The predicted octanol–water partition coefficient (Wildman–Crippen LogP) is 12.6. The van der Waals surface area contributed by atoms with Crippen molar-refractivity contribution < 1.29 is 0 Å². The Hall–Kier alpha value is 2.60. The first kappa shape index (κ1) is 44.6. The first-order valence-electron chi connectivity index (χ1n) is 19.5. The highest BCUT2D eigenvalue weighted by Crippen LogP contribution is 2.74. The smallest absolute Gasteiger partial charge is 0.0326 e. The van der Waals surface area contributed by atoms with Gasteiger partial charge in [-0.1, -0.05) is 208 Å². The summed E-state index contributed by atoms with van der Waals surface area (Å²) in [5, 5.41) is 0. The third-order valence-corrected chi connectivity index (χ3v) is 431. The molecule has 1 saturated heterocycles. The van der Waals surface area contributed by atoms with Gasteiger partial charge in [0.05, 0.1) is 0 Å². The molecule has 1 heterocycles. The van der Waals surface area contributed by atoms with Crippen LogP contribution in [0.2, 0.25) is 153 Å². The van der Waals surface area contributed by atoms with Gasteiger partial charge in [-0.15, -0.1) is 0 Å². The molecule has 0 aromatic carbocycles. The Labute approximate surface area is 291 Å². The Morgan fingerprint density at radius 2 is 0.273 bits per heavy atom. The Morgan fingerprint density at radius 1 is 0.205 bits per heavy atom. The van der Waals surface area contributed by atoms with Crippen LogP contribution in [0, 0.1) is 0 Å². The van der Waals surface area contributed by atoms with Gasteiger partial charge in [0, 0.05) is 85.3 Å². The van der Waals surface area contributed by atoms with Crippen LogP contribution in [-0.4, -0.2) is 85.3 Å². The topological polar surface area (TPSA) is 0 Å². The molecule has 0 bridgehead atoms. The Balaban J connectivity index is 5.75. The lowest BCUT2D eigenvalue weighted by Gasteiger charge is -3.00. The fourth-order valence-corrected chi connectivity index (χ4v) is 1060. The molecule has 0 N–H and O–H groups in total. The molecule has 0 spiro atoms. The van der Waals surface area contributed by atoms with E-state index in [1.165, 1.54) is 0 Å². The summed E-state index contributed by atoms with van der Waals surface area (Å²) in [6.45, 7) is 73.7. The van der Waals surface area contributed by atoms with Gasteiger partial charge in [-0.25, -0.2) is 0 Å². The summed E-state index contributed by atoms with van der Waals surface area (Å²) in [7, 11) is -12.0. The van der Waals surface area contributed by atoms with Crippen molar-refractivity contribution in [2.24, 2.45) is 0 Å². The van der Waals surface area contributed by atoms with E-state index in [-0.39, 0.29) is 0 Å². The van der Waals surface area contributed by atoms with E-state index in [1.807, 2.05) is 0 Å². The first-order chi connectivity index (χ1) is 19.5. The maximum Gasteiger partial charge on any atom is 0.0326 e. The van der Waals surface area contributed by atoms with Crippen LogP contribution in [-0.2, 0) is 0 Å². The predicted molar refractivity (Wildman–Crippen MR) is 247 cm³/mol. The molecule has 0 nitrogen and oxygen atoms in total. The van der Waals surface area contributed by atoms with E-state index < -0.39 is 85.3 Å². The van der Waals surface area contributed by atoms with E-state index in [0.717, 1.165) is 0 Å².